The third-order valence-electron chi connectivity index (χ3n) is 6.15. The molecule has 1 aliphatic heterocycles. The highest BCUT2D eigenvalue weighted by Gasteiger charge is 2.35. The molecule has 32 heavy (non-hydrogen) atoms. The smallest absolute Gasteiger partial charge is 0.256 e. The van der Waals surface area contributed by atoms with Gasteiger partial charge in [0.1, 0.15) is 0 Å². The van der Waals surface area contributed by atoms with E-state index in [0.717, 1.165) is 55.5 Å². The standard InChI is InChI=1S/C24H29ClF2N4O/c25-22-6-3-16(11-30-14-23(26)27)10-18(22)15-31(19-4-5-19)24(32)21-13-29-9-7-20(21)17-2-1-8-28-12-17/h3,6-7,9-10,13,17,19,23,28,30H,1-2,4-5,8,11-12,14-15H2. The monoisotopic (exact) mass is 462 g/mol. The van der Waals surface area contributed by atoms with Gasteiger partial charge in [0, 0.05) is 43.1 Å². The summed E-state index contributed by atoms with van der Waals surface area (Å²) in [6, 6.07) is 7.66. The lowest BCUT2D eigenvalue weighted by Gasteiger charge is -2.28. The Bertz CT molecular complexity index is 932. The van der Waals surface area contributed by atoms with Crippen molar-refractivity contribution in [2.45, 2.75) is 57.2 Å². The van der Waals surface area contributed by atoms with Crippen molar-refractivity contribution in [2.75, 3.05) is 19.6 Å². The number of halogens is 3. The van der Waals surface area contributed by atoms with Gasteiger partial charge in [-0.05, 0) is 67.0 Å². The van der Waals surface area contributed by atoms with E-state index in [9.17, 15) is 13.6 Å². The molecule has 2 heterocycles. The normalized spacial score (nSPS) is 18.7. The second kappa shape index (κ2) is 10.7. The van der Waals surface area contributed by atoms with Gasteiger partial charge in [-0.3, -0.25) is 9.78 Å². The van der Waals surface area contributed by atoms with E-state index in [2.05, 4.69) is 15.6 Å². The summed E-state index contributed by atoms with van der Waals surface area (Å²) in [5.41, 5.74) is 3.41. The van der Waals surface area contributed by atoms with Crippen molar-refractivity contribution in [2.24, 2.45) is 0 Å². The maximum atomic E-state index is 13.7. The lowest BCUT2D eigenvalue weighted by Crippen LogP contribution is -2.35. The first kappa shape index (κ1) is 23.1. The molecule has 2 N–H and O–H groups in total. The molecular formula is C24H29ClF2N4O. The minimum atomic E-state index is -2.39. The van der Waals surface area contributed by atoms with Crippen molar-refractivity contribution in [3.8, 4) is 0 Å². The number of carbonyl (C=O) groups excluding carboxylic acids is 1. The summed E-state index contributed by atoms with van der Waals surface area (Å²) in [4.78, 5) is 19.8. The Balaban J connectivity index is 1.53. The molecule has 1 atom stereocenters. The van der Waals surface area contributed by atoms with Crippen LogP contribution in [0.25, 0.3) is 0 Å². The first-order valence-electron chi connectivity index (χ1n) is 11.2. The minimum Gasteiger partial charge on any atom is -0.331 e. The van der Waals surface area contributed by atoms with E-state index in [1.54, 1.807) is 18.5 Å². The van der Waals surface area contributed by atoms with Crippen LogP contribution in [-0.2, 0) is 13.1 Å². The average Bonchev–Trinajstić information content (AvgIpc) is 3.64. The Kier molecular flexibility index (Phi) is 7.71. The summed E-state index contributed by atoms with van der Waals surface area (Å²) in [7, 11) is 0. The molecule has 1 saturated heterocycles. The molecule has 2 aromatic rings. The third kappa shape index (κ3) is 5.82. The number of aromatic nitrogens is 1. The number of amides is 1. The number of rotatable bonds is 9. The predicted octanol–water partition coefficient (Wildman–Crippen LogP) is 4.36. The fourth-order valence-electron chi connectivity index (χ4n) is 4.33. The quantitative estimate of drug-likeness (QED) is 0.581. The topological polar surface area (TPSA) is 57.3 Å². The van der Waals surface area contributed by atoms with Crippen LogP contribution in [0.3, 0.4) is 0 Å². The van der Waals surface area contributed by atoms with Gasteiger partial charge >= 0.3 is 0 Å². The summed E-state index contributed by atoms with van der Waals surface area (Å²) in [5.74, 6) is 0.290. The van der Waals surface area contributed by atoms with Gasteiger partial charge in [0.15, 0.2) is 0 Å². The van der Waals surface area contributed by atoms with Crippen LogP contribution in [-0.4, -0.2) is 47.9 Å². The van der Waals surface area contributed by atoms with Crippen molar-refractivity contribution in [3.05, 3.63) is 63.9 Å². The van der Waals surface area contributed by atoms with E-state index >= 15 is 0 Å². The number of hydrogen-bond acceptors (Lipinski definition) is 4. The Morgan fingerprint density at radius 3 is 2.84 bits per heavy atom. The minimum absolute atomic E-state index is 0.0153. The molecular weight excluding hydrogens is 434 g/mol. The van der Waals surface area contributed by atoms with Crippen molar-refractivity contribution in [3.63, 3.8) is 0 Å². The number of alkyl halides is 2. The predicted molar refractivity (Wildman–Crippen MR) is 121 cm³/mol. The Labute approximate surface area is 192 Å². The molecule has 1 amide bonds. The number of hydrogen-bond donors (Lipinski definition) is 2. The summed E-state index contributed by atoms with van der Waals surface area (Å²) >= 11 is 6.45. The lowest BCUT2D eigenvalue weighted by molar-refractivity contribution is 0.0727. The van der Waals surface area contributed by atoms with Crippen LogP contribution in [0, 0.1) is 0 Å². The van der Waals surface area contributed by atoms with Crippen molar-refractivity contribution in [1.82, 2.24) is 20.5 Å². The molecule has 0 radical (unpaired) electrons. The van der Waals surface area contributed by atoms with E-state index in [4.69, 9.17) is 11.6 Å². The highest BCUT2D eigenvalue weighted by molar-refractivity contribution is 6.31. The largest absolute Gasteiger partial charge is 0.331 e. The maximum absolute atomic E-state index is 13.7. The SMILES string of the molecule is O=C(c1cnccc1C1CCCNC1)N(Cc1cc(CNCC(F)F)ccc1Cl)C1CC1. The van der Waals surface area contributed by atoms with Gasteiger partial charge in [0.25, 0.3) is 12.3 Å². The van der Waals surface area contributed by atoms with Crippen LogP contribution >= 0.6 is 11.6 Å². The molecule has 8 heteroatoms. The second-order valence-electron chi connectivity index (χ2n) is 8.62. The average molecular weight is 463 g/mol. The molecule has 2 fully saturated rings. The fraction of sp³-hybridized carbons (Fsp3) is 0.500. The van der Waals surface area contributed by atoms with Crippen LogP contribution in [0.4, 0.5) is 8.78 Å². The number of benzene rings is 1. The summed E-state index contributed by atoms with van der Waals surface area (Å²) < 4.78 is 24.9. The molecule has 5 nitrogen and oxygen atoms in total. The van der Waals surface area contributed by atoms with Gasteiger partial charge in [-0.1, -0.05) is 23.7 Å². The van der Waals surface area contributed by atoms with Crippen LogP contribution in [0.5, 0.6) is 0 Å². The van der Waals surface area contributed by atoms with Gasteiger partial charge in [-0.2, -0.15) is 0 Å². The molecule has 1 aliphatic carbocycles. The molecule has 1 saturated carbocycles. The van der Waals surface area contributed by atoms with Crippen molar-refractivity contribution in [1.29, 1.82) is 0 Å². The van der Waals surface area contributed by atoms with Crippen molar-refractivity contribution >= 4 is 17.5 Å². The van der Waals surface area contributed by atoms with Crippen LogP contribution in [0.15, 0.2) is 36.7 Å². The second-order valence-corrected chi connectivity index (χ2v) is 9.03. The van der Waals surface area contributed by atoms with Gasteiger partial charge in [0.05, 0.1) is 12.1 Å². The molecule has 1 aromatic heterocycles. The number of nitrogens with one attached hydrogen (secondary N) is 2. The summed E-state index contributed by atoms with van der Waals surface area (Å²) in [5, 5.41) is 6.74. The number of nitrogens with zero attached hydrogens (tertiary/aromatic N) is 2. The number of piperidine rings is 1. The lowest BCUT2D eigenvalue weighted by atomic mass is 9.89. The zero-order valence-corrected chi connectivity index (χ0v) is 18.8. The number of carbonyl (C=O) groups is 1. The van der Waals surface area contributed by atoms with Gasteiger partial charge in [0.2, 0.25) is 0 Å². The Morgan fingerprint density at radius 2 is 2.12 bits per heavy atom. The summed E-state index contributed by atoms with van der Waals surface area (Å²) in [6.07, 6.45) is 5.15. The third-order valence-corrected chi connectivity index (χ3v) is 6.52. The van der Waals surface area contributed by atoms with Gasteiger partial charge in [-0.25, -0.2) is 8.78 Å². The van der Waals surface area contributed by atoms with Crippen molar-refractivity contribution < 1.29 is 13.6 Å². The molecule has 0 spiro atoms. The molecule has 0 bridgehead atoms. The molecule has 4 rings (SSSR count). The molecule has 172 valence electrons. The number of pyridine rings is 1. The zero-order chi connectivity index (χ0) is 22.5. The van der Waals surface area contributed by atoms with Crippen LogP contribution < -0.4 is 10.6 Å². The highest BCUT2D eigenvalue weighted by atomic mass is 35.5. The fourth-order valence-corrected chi connectivity index (χ4v) is 4.51. The Morgan fingerprint density at radius 1 is 1.28 bits per heavy atom. The molecule has 2 aliphatic rings. The van der Waals surface area contributed by atoms with E-state index in [0.29, 0.717) is 29.6 Å². The molecule has 1 unspecified atom stereocenters. The van der Waals surface area contributed by atoms with E-state index in [-0.39, 0.29) is 18.5 Å². The zero-order valence-electron chi connectivity index (χ0n) is 18.0. The summed E-state index contributed by atoms with van der Waals surface area (Å²) in [6.45, 7) is 2.24. The van der Waals surface area contributed by atoms with Gasteiger partial charge < -0.3 is 15.5 Å². The Hall–Kier alpha value is -2.09. The van der Waals surface area contributed by atoms with Crippen LogP contribution in [0.2, 0.25) is 5.02 Å². The van der Waals surface area contributed by atoms with E-state index in [1.165, 1.54) is 0 Å². The maximum Gasteiger partial charge on any atom is 0.256 e. The first-order valence-corrected chi connectivity index (χ1v) is 11.6. The highest BCUT2D eigenvalue weighted by Crippen LogP contribution is 2.33. The van der Waals surface area contributed by atoms with E-state index < -0.39 is 6.43 Å². The van der Waals surface area contributed by atoms with Crippen LogP contribution in [0.1, 0.15) is 58.6 Å². The van der Waals surface area contributed by atoms with E-state index in [1.807, 2.05) is 23.1 Å². The molecule has 1 aromatic carbocycles. The first-order chi connectivity index (χ1) is 15.5. The van der Waals surface area contributed by atoms with Gasteiger partial charge in [-0.15, -0.1) is 0 Å².